The Balaban J connectivity index is 2.49. The molecule has 0 radical (unpaired) electrons. The lowest BCUT2D eigenvalue weighted by molar-refractivity contribution is -0.116. The Morgan fingerprint density at radius 1 is 1.33 bits per heavy atom. The summed E-state index contributed by atoms with van der Waals surface area (Å²) in [5.41, 5.74) is 0.691. The van der Waals surface area contributed by atoms with Gasteiger partial charge in [-0.1, -0.05) is 12.1 Å². The third-order valence-electron chi connectivity index (χ3n) is 3.34. The van der Waals surface area contributed by atoms with E-state index >= 15 is 0 Å². The number of methoxy groups -OCH3 is 1. The minimum atomic E-state index is -0.0332. The van der Waals surface area contributed by atoms with Crippen molar-refractivity contribution < 1.29 is 14.6 Å². The summed E-state index contributed by atoms with van der Waals surface area (Å²) in [6.45, 7) is 5.84. The number of hydrogen-bond acceptors (Lipinski definition) is 4. The molecule has 0 aliphatic heterocycles. The summed E-state index contributed by atoms with van der Waals surface area (Å²) in [7, 11) is 1.58. The number of rotatable bonds is 9. The second-order valence-electron chi connectivity index (χ2n) is 5.21. The highest BCUT2D eigenvalue weighted by molar-refractivity contribution is 5.92. The predicted molar refractivity (Wildman–Crippen MR) is 84.7 cm³/mol. The van der Waals surface area contributed by atoms with E-state index in [2.05, 4.69) is 24.1 Å². The van der Waals surface area contributed by atoms with Gasteiger partial charge in [-0.25, -0.2) is 0 Å². The van der Waals surface area contributed by atoms with Crippen LogP contribution in [0.5, 0.6) is 5.75 Å². The highest BCUT2D eigenvalue weighted by Crippen LogP contribution is 2.23. The molecule has 0 unspecified atom stereocenters. The largest absolute Gasteiger partial charge is 0.495 e. The number of carbonyl (C=O) groups excluding carboxylic acids is 1. The molecule has 118 valence electrons. The van der Waals surface area contributed by atoms with Crippen LogP contribution < -0.4 is 10.1 Å². The second kappa shape index (κ2) is 9.37. The lowest BCUT2D eigenvalue weighted by Gasteiger charge is -2.25. The molecular formula is C16H26N2O3. The molecule has 1 aromatic rings. The van der Waals surface area contributed by atoms with Gasteiger partial charge in [0.05, 0.1) is 12.8 Å². The molecule has 1 rings (SSSR count). The smallest absolute Gasteiger partial charge is 0.225 e. The Morgan fingerprint density at radius 3 is 2.67 bits per heavy atom. The number of aliphatic hydroxyl groups is 1. The van der Waals surface area contributed by atoms with Gasteiger partial charge in [-0.3, -0.25) is 4.79 Å². The zero-order chi connectivity index (χ0) is 15.7. The fourth-order valence-electron chi connectivity index (χ4n) is 2.11. The number of aliphatic hydroxyl groups excluding tert-OH is 1. The van der Waals surface area contributed by atoms with Crippen LogP contribution in [-0.4, -0.2) is 48.8 Å². The zero-order valence-electron chi connectivity index (χ0n) is 13.1. The van der Waals surface area contributed by atoms with Crippen molar-refractivity contribution in [3.8, 4) is 5.75 Å². The van der Waals surface area contributed by atoms with E-state index in [1.165, 1.54) is 0 Å². The van der Waals surface area contributed by atoms with Crippen molar-refractivity contribution in [2.75, 3.05) is 32.1 Å². The van der Waals surface area contributed by atoms with Gasteiger partial charge in [0.15, 0.2) is 0 Å². The fourth-order valence-corrected chi connectivity index (χ4v) is 2.11. The van der Waals surface area contributed by atoms with Crippen LogP contribution in [0.15, 0.2) is 24.3 Å². The molecule has 5 nitrogen and oxygen atoms in total. The van der Waals surface area contributed by atoms with Crippen LogP contribution in [0, 0.1) is 0 Å². The van der Waals surface area contributed by atoms with Crippen molar-refractivity contribution >= 4 is 11.6 Å². The summed E-state index contributed by atoms with van der Waals surface area (Å²) in [5.74, 6) is 0.626. The average molecular weight is 294 g/mol. The van der Waals surface area contributed by atoms with Crippen molar-refractivity contribution in [1.29, 1.82) is 0 Å². The first-order valence-corrected chi connectivity index (χ1v) is 7.36. The molecule has 0 bridgehead atoms. The molecule has 0 spiro atoms. The summed E-state index contributed by atoms with van der Waals surface area (Å²) in [4.78, 5) is 14.2. The second-order valence-corrected chi connectivity index (χ2v) is 5.21. The van der Waals surface area contributed by atoms with Gasteiger partial charge < -0.3 is 20.1 Å². The molecule has 1 amide bonds. The molecule has 21 heavy (non-hydrogen) atoms. The number of benzene rings is 1. The fraction of sp³-hybridized carbons (Fsp3) is 0.562. The van der Waals surface area contributed by atoms with Crippen LogP contribution in [0.25, 0.3) is 0 Å². The number of hydrogen-bond donors (Lipinski definition) is 2. The molecule has 1 aromatic carbocycles. The number of ether oxygens (including phenoxy) is 1. The third kappa shape index (κ3) is 6.14. The lowest BCUT2D eigenvalue weighted by Crippen LogP contribution is -2.35. The third-order valence-corrected chi connectivity index (χ3v) is 3.34. The van der Waals surface area contributed by atoms with Gasteiger partial charge >= 0.3 is 0 Å². The molecule has 0 fully saturated rings. The Kier molecular flexibility index (Phi) is 7.79. The number of amides is 1. The Morgan fingerprint density at radius 2 is 2.05 bits per heavy atom. The van der Waals surface area contributed by atoms with Gasteiger partial charge in [0.25, 0.3) is 0 Å². The van der Waals surface area contributed by atoms with Crippen LogP contribution in [0.2, 0.25) is 0 Å². The molecule has 0 saturated carbocycles. The van der Waals surface area contributed by atoms with Gasteiger partial charge in [0, 0.05) is 32.2 Å². The standard InChI is InChI=1S/C16H26N2O3/c1-13(2)18(10-6-12-19)11-9-16(20)17-14-7-4-5-8-15(14)21-3/h4-5,7-8,13,19H,6,9-12H2,1-3H3,(H,17,20). The molecule has 0 atom stereocenters. The molecule has 0 saturated heterocycles. The highest BCUT2D eigenvalue weighted by atomic mass is 16.5. The van der Waals surface area contributed by atoms with E-state index < -0.39 is 0 Å². The van der Waals surface area contributed by atoms with Gasteiger partial charge in [-0.2, -0.15) is 0 Å². The SMILES string of the molecule is COc1ccccc1NC(=O)CCN(CCCO)C(C)C. The van der Waals surface area contributed by atoms with E-state index in [0.29, 0.717) is 30.4 Å². The van der Waals surface area contributed by atoms with E-state index in [4.69, 9.17) is 9.84 Å². The Hall–Kier alpha value is -1.59. The lowest BCUT2D eigenvalue weighted by atomic mass is 10.2. The number of nitrogens with zero attached hydrogens (tertiary/aromatic N) is 1. The minimum Gasteiger partial charge on any atom is -0.495 e. The number of nitrogens with one attached hydrogen (secondary N) is 1. The number of carbonyl (C=O) groups is 1. The minimum absolute atomic E-state index is 0.0332. The van der Waals surface area contributed by atoms with Crippen molar-refractivity contribution in [3.63, 3.8) is 0 Å². The Bertz CT molecular complexity index is 435. The normalized spacial score (nSPS) is 11.0. The maximum Gasteiger partial charge on any atom is 0.225 e. The first-order valence-electron chi connectivity index (χ1n) is 7.36. The first kappa shape index (κ1) is 17.5. The molecule has 2 N–H and O–H groups in total. The van der Waals surface area contributed by atoms with Crippen LogP contribution in [0.1, 0.15) is 26.7 Å². The highest BCUT2D eigenvalue weighted by Gasteiger charge is 2.12. The van der Waals surface area contributed by atoms with E-state index in [9.17, 15) is 4.79 Å². The summed E-state index contributed by atoms with van der Waals surface area (Å²) in [6.07, 6.45) is 1.15. The van der Waals surface area contributed by atoms with Crippen molar-refractivity contribution in [1.82, 2.24) is 4.90 Å². The monoisotopic (exact) mass is 294 g/mol. The van der Waals surface area contributed by atoms with E-state index in [1.807, 2.05) is 24.3 Å². The summed E-state index contributed by atoms with van der Waals surface area (Å²) in [6, 6.07) is 7.72. The van der Waals surface area contributed by atoms with Gasteiger partial charge in [0.2, 0.25) is 5.91 Å². The molecule has 0 aliphatic rings. The van der Waals surface area contributed by atoms with Crippen LogP contribution in [-0.2, 0) is 4.79 Å². The maximum absolute atomic E-state index is 12.0. The zero-order valence-corrected chi connectivity index (χ0v) is 13.1. The van der Waals surface area contributed by atoms with Crippen molar-refractivity contribution in [2.45, 2.75) is 32.7 Å². The summed E-state index contributed by atoms with van der Waals surface area (Å²) in [5, 5.41) is 11.8. The molecule has 0 aromatic heterocycles. The Labute approximate surface area is 126 Å². The summed E-state index contributed by atoms with van der Waals surface area (Å²) < 4.78 is 5.21. The quantitative estimate of drug-likeness (QED) is 0.732. The van der Waals surface area contributed by atoms with Crippen LogP contribution in [0.3, 0.4) is 0 Å². The van der Waals surface area contributed by atoms with Crippen LogP contribution >= 0.6 is 0 Å². The predicted octanol–water partition coefficient (Wildman–Crippen LogP) is 2.12. The van der Waals surface area contributed by atoms with Crippen LogP contribution in [0.4, 0.5) is 5.69 Å². The van der Waals surface area contributed by atoms with Crippen molar-refractivity contribution in [2.24, 2.45) is 0 Å². The molecule has 0 heterocycles. The van der Waals surface area contributed by atoms with E-state index in [0.717, 1.165) is 13.0 Å². The maximum atomic E-state index is 12.0. The van der Waals surface area contributed by atoms with Gasteiger partial charge in [0.1, 0.15) is 5.75 Å². The summed E-state index contributed by atoms with van der Waals surface area (Å²) >= 11 is 0. The number of para-hydroxylation sites is 2. The van der Waals surface area contributed by atoms with E-state index in [-0.39, 0.29) is 12.5 Å². The van der Waals surface area contributed by atoms with Gasteiger partial charge in [-0.05, 0) is 32.4 Å². The molecule has 5 heteroatoms. The van der Waals surface area contributed by atoms with Crippen molar-refractivity contribution in [3.05, 3.63) is 24.3 Å². The van der Waals surface area contributed by atoms with E-state index in [1.54, 1.807) is 7.11 Å². The van der Waals surface area contributed by atoms with Gasteiger partial charge in [-0.15, -0.1) is 0 Å². The topological polar surface area (TPSA) is 61.8 Å². The average Bonchev–Trinajstić information content (AvgIpc) is 2.47. The molecule has 0 aliphatic carbocycles. The first-order chi connectivity index (χ1) is 10.1. The molecular weight excluding hydrogens is 268 g/mol. The number of anilines is 1.